The van der Waals surface area contributed by atoms with Crippen molar-refractivity contribution in [1.29, 1.82) is 0 Å². The van der Waals surface area contributed by atoms with Gasteiger partial charge in [0.25, 0.3) is 0 Å². The number of rotatable bonds is 11. The molecule has 3 heteroatoms. The molecule has 124 valence electrons. The van der Waals surface area contributed by atoms with Gasteiger partial charge >= 0.3 is 0 Å². The molecular weight excluding hydrogens is 338 g/mol. The molecule has 1 atom stereocenters. The van der Waals surface area contributed by atoms with Crippen molar-refractivity contribution < 1.29 is 4.79 Å². The molecule has 0 saturated heterocycles. The number of alkyl halides is 1. The summed E-state index contributed by atoms with van der Waals surface area (Å²) in [4.78, 5) is 15.0. The third-order valence-corrected chi connectivity index (χ3v) is 4.93. The van der Waals surface area contributed by atoms with Gasteiger partial charge in [-0.2, -0.15) is 0 Å². The average Bonchev–Trinajstić information content (AvgIpc) is 2.54. The Kier molecular flexibility index (Phi) is 8.96. The SMILES string of the molecule is CCCCCCC(CCN(C)C)(C(=O)CBr)c1ccccc1. The van der Waals surface area contributed by atoms with Gasteiger partial charge in [0.2, 0.25) is 0 Å². The van der Waals surface area contributed by atoms with Crippen molar-refractivity contribution in [1.82, 2.24) is 4.90 Å². The first-order chi connectivity index (χ1) is 10.6. The van der Waals surface area contributed by atoms with E-state index in [4.69, 9.17) is 0 Å². The van der Waals surface area contributed by atoms with Crippen molar-refractivity contribution in [2.24, 2.45) is 0 Å². The van der Waals surface area contributed by atoms with E-state index in [0.717, 1.165) is 25.8 Å². The highest BCUT2D eigenvalue weighted by Crippen LogP contribution is 2.36. The van der Waals surface area contributed by atoms with Crippen LogP contribution in [-0.2, 0) is 10.2 Å². The maximum Gasteiger partial charge on any atom is 0.153 e. The van der Waals surface area contributed by atoms with Gasteiger partial charge < -0.3 is 4.90 Å². The van der Waals surface area contributed by atoms with Crippen LogP contribution in [0.4, 0.5) is 0 Å². The van der Waals surface area contributed by atoms with Crippen molar-refractivity contribution in [3.63, 3.8) is 0 Å². The Labute approximate surface area is 144 Å². The number of nitrogens with zero attached hydrogens (tertiary/aromatic N) is 1. The second-order valence-corrected chi connectivity index (χ2v) is 6.93. The zero-order valence-corrected chi connectivity index (χ0v) is 15.9. The summed E-state index contributed by atoms with van der Waals surface area (Å²) in [5.41, 5.74) is 0.834. The summed E-state index contributed by atoms with van der Waals surface area (Å²) in [5, 5.41) is 0.434. The fourth-order valence-electron chi connectivity index (χ4n) is 3.01. The number of hydrogen-bond acceptors (Lipinski definition) is 2. The minimum atomic E-state index is -0.344. The predicted octanol–water partition coefficient (Wildman–Crippen LogP) is 4.81. The van der Waals surface area contributed by atoms with Crippen LogP contribution in [0.3, 0.4) is 0 Å². The van der Waals surface area contributed by atoms with Crippen LogP contribution in [0.1, 0.15) is 51.0 Å². The minimum Gasteiger partial charge on any atom is -0.309 e. The number of carbonyl (C=O) groups is 1. The molecular formula is C19H30BrNO. The molecule has 0 bridgehead atoms. The Balaban J connectivity index is 3.03. The molecule has 0 spiro atoms. The summed E-state index contributed by atoms with van der Waals surface area (Å²) in [7, 11) is 4.15. The van der Waals surface area contributed by atoms with Gasteiger partial charge in [-0.3, -0.25) is 4.79 Å². The molecule has 0 heterocycles. The molecule has 0 radical (unpaired) electrons. The Bertz CT molecular complexity index is 432. The molecule has 0 aliphatic heterocycles. The van der Waals surface area contributed by atoms with Gasteiger partial charge in [-0.15, -0.1) is 0 Å². The normalized spacial score (nSPS) is 14.0. The van der Waals surface area contributed by atoms with Crippen LogP contribution in [-0.4, -0.2) is 36.7 Å². The highest BCUT2D eigenvalue weighted by molar-refractivity contribution is 9.09. The molecule has 0 aromatic heterocycles. The average molecular weight is 368 g/mol. The number of ketones is 1. The second kappa shape index (κ2) is 10.2. The Morgan fingerprint density at radius 3 is 2.32 bits per heavy atom. The van der Waals surface area contributed by atoms with Crippen molar-refractivity contribution in [2.45, 2.75) is 50.9 Å². The van der Waals surface area contributed by atoms with Gasteiger partial charge in [-0.25, -0.2) is 0 Å². The van der Waals surface area contributed by atoms with Gasteiger partial charge in [0, 0.05) is 0 Å². The van der Waals surface area contributed by atoms with Crippen LogP contribution >= 0.6 is 15.9 Å². The summed E-state index contributed by atoms with van der Waals surface area (Å²) in [6, 6.07) is 10.4. The highest BCUT2D eigenvalue weighted by Gasteiger charge is 2.38. The number of hydrogen-bond donors (Lipinski definition) is 0. The molecule has 2 nitrogen and oxygen atoms in total. The fraction of sp³-hybridized carbons (Fsp3) is 0.632. The number of carbonyl (C=O) groups excluding carboxylic acids is 1. The molecule has 0 amide bonds. The summed E-state index contributed by atoms with van der Waals surface area (Å²) in [5.74, 6) is 0.317. The zero-order chi connectivity index (χ0) is 16.4. The molecule has 22 heavy (non-hydrogen) atoms. The van der Waals surface area contributed by atoms with Gasteiger partial charge in [-0.1, -0.05) is 78.9 Å². The van der Waals surface area contributed by atoms with Crippen LogP contribution in [0.15, 0.2) is 30.3 Å². The molecule has 1 rings (SSSR count). The van der Waals surface area contributed by atoms with Crippen LogP contribution in [0, 0.1) is 0 Å². The minimum absolute atomic E-state index is 0.317. The molecule has 1 unspecified atom stereocenters. The molecule has 0 aliphatic rings. The van der Waals surface area contributed by atoms with E-state index in [1.165, 1.54) is 24.8 Å². The molecule has 0 N–H and O–H groups in total. The molecule has 0 saturated carbocycles. The first-order valence-corrected chi connectivity index (χ1v) is 9.48. The van der Waals surface area contributed by atoms with E-state index in [0.29, 0.717) is 11.1 Å². The number of Topliss-reactive ketones (excluding diaryl/α,β-unsaturated/α-hetero) is 1. The molecule has 0 aliphatic carbocycles. The number of benzene rings is 1. The van der Waals surface area contributed by atoms with Gasteiger partial charge in [0.1, 0.15) is 0 Å². The monoisotopic (exact) mass is 367 g/mol. The van der Waals surface area contributed by atoms with E-state index in [1.54, 1.807) is 0 Å². The lowest BCUT2D eigenvalue weighted by atomic mass is 9.70. The summed E-state index contributed by atoms with van der Waals surface area (Å²) >= 11 is 3.41. The smallest absolute Gasteiger partial charge is 0.153 e. The van der Waals surface area contributed by atoms with Crippen LogP contribution < -0.4 is 0 Å². The van der Waals surface area contributed by atoms with E-state index in [2.05, 4.69) is 54.0 Å². The lowest BCUT2D eigenvalue weighted by Crippen LogP contribution is -2.39. The first kappa shape index (κ1) is 19.4. The highest BCUT2D eigenvalue weighted by atomic mass is 79.9. The van der Waals surface area contributed by atoms with E-state index >= 15 is 0 Å². The zero-order valence-electron chi connectivity index (χ0n) is 14.3. The Morgan fingerprint density at radius 1 is 1.09 bits per heavy atom. The summed E-state index contributed by atoms with van der Waals surface area (Å²) in [6.07, 6.45) is 6.65. The second-order valence-electron chi connectivity index (χ2n) is 6.37. The van der Waals surface area contributed by atoms with Crippen LogP contribution in [0.2, 0.25) is 0 Å². The van der Waals surface area contributed by atoms with Crippen molar-refractivity contribution in [2.75, 3.05) is 26.0 Å². The van der Waals surface area contributed by atoms with E-state index in [-0.39, 0.29) is 5.41 Å². The quantitative estimate of drug-likeness (QED) is 0.413. The number of unbranched alkanes of at least 4 members (excludes halogenated alkanes) is 3. The Hall–Kier alpha value is -0.670. The van der Waals surface area contributed by atoms with Gasteiger partial charge in [0.15, 0.2) is 5.78 Å². The standard InChI is InChI=1S/C19H30BrNO/c1-4-5-6-10-13-19(18(22)16-20,14-15-21(2)3)17-11-8-7-9-12-17/h7-9,11-12H,4-6,10,13-16H2,1-3H3. The van der Waals surface area contributed by atoms with E-state index in [1.807, 2.05) is 18.2 Å². The Morgan fingerprint density at radius 2 is 1.77 bits per heavy atom. The van der Waals surface area contributed by atoms with E-state index in [9.17, 15) is 4.79 Å². The topological polar surface area (TPSA) is 20.3 Å². The molecule has 1 aromatic carbocycles. The summed E-state index contributed by atoms with van der Waals surface area (Å²) < 4.78 is 0. The predicted molar refractivity (Wildman–Crippen MR) is 98.9 cm³/mol. The lowest BCUT2D eigenvalue weighted by Gasteiger charge is -2.34. The maximum atomic E-state index is 12.8. The van der Waals surface area contributed by atoms with Crippen molar-refractivity contribution >= 4 is 21.7 Å². The third-order valence-electron chi connectivity index (χ3n) is 4.42. The van der Waals surface area contributed by atoms with Crippen molar-refractivity contribution in [3.8, 4) is 0 Å². The lowest BCUT2D eigenvalue weighted by molar-refractivity contribution is -0.122. The summed E-state index contributed by atoms with van der Waals surface area (Å²) in [6.45, 7) is 3.15. The van der Waals surface area contributed by atoms with Crippen molar-refractivity contribution in [3.05, 3.63) is 35.9 Å². The first-order valence-electron chi connectivity index (χ1n) is 8.36. The van der Waals surface area contributed by atoms with Crippen LogP contribution in [0.5, 0.6) is 0 Å². The maximum absolute atomic E-state index is 12.8. The van der Waals surface area contributed by atoms with Crippen LogP contribution in [0.25, 0.3) is 0 Å². The number of halogens is 1. The fourth-order valence-corrected chi connectivity index (χ4v) is 3.54. The largest absolute Gasteiger partial charge is 0.309 e. The molecule has 1 aromatic rings. The van der Waals surface area contributed by atoms with Gasteiger partial charge in [0.05, 0.1) is 10.7 Å². The van der Waals surface area contributed by atoms with Gasteiger partial charge in [-0.05, 0) is 39.0 Å². The third kappa shape index (κ3) is 5.51. The van der Waals surface area contributed by atoms with E-state index < -0.39 is 0 Å². The molecule has 0 fully saturated rings.